The average Bonchev–Trinajstić information content (AvgIpc) is 2.95. The largest absolute Gasteiger partial charge is 0.335 e. The molecule has 0 aliphatic carbocycles. The molecular formula is C13H15ClFN5O. The van der Waals surface area contributed by atoms with Crippen LogP contribution in [-0.4, -0.2) is 49.3 Å². The fourth-order valence-electron chi connectivity index (χ4n) is 2.80. The van der Waals surface area contributed by atoms with E-state index >= 15 is 0 Å². The molecule has 1 aliphatic heterocycles. The first-order chi connectivity index (χ1) is 9.97. The Morgan fingerprint density at radius 2 is 2.29 bits per heavy atom. The van der Waals surface area contributed by atoms with Crippen LogP contribution >= 0.6 is 11.6 Å². The van der Waals surface area contributed by atoms with Gasteiger partial charge >= 0.3 is 0 Å². The number of carbonyl (C=O) groups is 1. The van der Waals surface area contributed by atoms with E-state index in [2.05, 4.69) is 15.1 Å². The Bertz CT molecular complexity index is 690. The number of likely N-dealkylation sites (tertiary alicyclic amines) is 1. The van der Waals surface area contributed by atoms with Crippen LogP contribution in [0.4, 0.5) is 4.39 Å². The normalized spacial score (nSPS) is 25.7. The van der Waals surface area contributed by atoms with E-state index in [4.69, 9.17) is 11.6 Å². The third-order valence-corrected chi connectivity index (χ3v) is 4.24. The molecule has 3 heterocycles. The van der Waals surface area contributed by atoms with E-state index in [1.807, 2.05) is 6.92 Å². The Hall–Kier alpha value is -1.76. The maximum Gasteiger partial charge on any atom is 0.224 e. The summed E-state index contributed by atoms with van der Waals surface area (Å²) in [5.74, 6) is -0.374. The second-order valence-electron chi connectivity index (χ2n) is 5.36. The Morgan fingerprint density at radius 3 is 3.00 bits per heavy atom. The SMILES string of the molecule is CC(=O)N1C[C@@H](F)[C@H](C)[C@H]1Cn1ncc2cnc(Cl)nc21. The van der Waals surface area contributed by atoms with Gasteiger partial charge in [-0.3, -0.25) is 4.79 Å². The molecule has 0 spiro atoms. The van der Waals surface area contributed by atoms with Crippen molar-refractivity contribution in [1.82, 2.24) is 24.6 Å². The highest BCUT2D eigenvalue weighted by Crippen LogP contribution is 2.28. The molecule has 3 rings (SSSR count). The molecule has 1 saturated heterocycles. The van der Waals surface area contributed by atoms with Crippen molar-refractivity contribution in [2.75, 3.05) is 6.54 Å². The van der Waals surface area contributed by atoms with Gasteiger partial charge in [0.1, 0.15) is 6.17 Å². The van der Waals surface area contributed by atoms with Crippen LogP contribution in [0, 0.1) is 5.92 Å². The first kappa shape index (κ1) is 14.2. The van der Waals surface area contributed by atoms with E-state index in [0.717, 1.165) is 5.39 Å². The molecule has 0 saturated carbocycles. The lowest BCUT2D eigenvalue weighted by molar-refractivity contribution is -0.130. The smallest absolute Gasteiger partial charge is 0.224 e. The van der Waals surface area contributed by atoms with Gasteiger partial charge in [-0.15, -0.1) is 0 Å². The third-order valence-electron chi connectivity index (χ3n) is 4.06. The molecule has 0 radical (unpaired) electrons. The molecule has 8 heteroatoms. The molecule has 21 heavy (non-hydrogen) atoms. The van der Waals surface area contributed by atoms with Crippen molar-refractivity contribution in [1.29, 1.82) is 0 Å². The van der Waals surface area contributed by atoms with Crippen LogP contribution in [0.3, 0.4) is 0 Å². The summed E-state index contributed by atoms with van der Waals surface area (Å²) < 4.78 is 15.6. The fraction of sp³-hybridized carbons (Fsp3) is 0.538. The van der Waals surface area contributed by atoms with E-state index < -0.39 is 6.17 Å². The predicted octanol–water partition coefficient (Wildman–Crippen LogP) is 1.68. The summed E-state index contributed by atoms with van der Waals surface area (Å²) in [4.78, 5) is 21.3. The van der Waals surface area contributed by atoms with Gasteiger partial charge in [-0.05, 0) is 11.6 Å². The summed E-state index contributed by atoms with van der Waals surface area (Å²) in [7, 11) is 0. The second-order valence-corrected chi connectivity index (χ2v) is 5.70. The highest BCUT2D eigenvalue weighted by Gasteiger charge is 2.41. The molecule has 0 aromatic carbocycles. The van der Waals surface area contributed by atoms with Crippen LogP contribution in [0.25, 0.3) is 11.0 Å². The minimum Gasteiger partial charge on any atom is -0.335 e. The zero-order valence-corrected chi connectivity index (χ0v) is 12.5. The molecule has 112 valence electrons. The van der Waals surface area contributed by atoms with E-state index in [1.165, 1.54) is 6.92 Å². The summed E-state index contributed by atoms with van der Waals surface area (Å²) in [6.45, 7) is 3.79. The number of nitrogens with zero attached hydrogens (tertiary/aromatic N) is 5. The second kappa shape index (κ2) is 5.22. The van der Waals surface area contributed by atoms with Gasteiger partial charge in [0, 0.05) is 19.0 Å². The lowest BCUT2D eigenvalue weighted by Crippen LogP contribution is -2.39. The number of rotatable bonds is 2. The molecule has 6 nitrogen and oxygen atoms in total. The molecule has 0 unspecified atom stereocenters. The number of halogens is 2. The number of fused-ring (bicyclic) bond motifs is 1. The summed E-state index contributed by atoms with van der Waals surface area (Å²) in [6, 6.07) is -0.241. The van der Waals surface area contributed by atoms with Crippen LogP contribution in [0.15, 0.2) is 12.4 Å². The molecule has 2 aromatic heterocycles. The van der Waals surface area contributed by atoms with Crippen LogP contribution in [-0.2, 0) is 11.3 Å². The van der Waals surface area contributed by atoms with Crippen molar-refractivity contribution in [3.05, 3.63) is 17.7 Å². The van der Waals surface area contributed by atoms with Gasteiger partial charge in [0.15, 0.2) is 5.65 Å². The number of hydrogen-bond donors (Lipinski definition) is 0. The van der Waals surface area contributed by atoms with E-state index in [1.54, 1.807) is 22.0 Å². The summed E-state index contributed by atoms with van der Waals surface area (Å²) >= 11 is 5.81. The highest BCUT2D eigenvalue weighted by atomic mass is 35.5. The summed E-state index contributed by atoms with van der Waals surface area (Å²) in [6.07, 6.45) is 2.21. The van der Waals surface area contributed by atoms with Crippen molar-refractivity contribution < 1.29 is 9.18 Å². The first-order valence-corrected chi connectivity index (χ1v) is 7.10. The Labute approximate surface area is 125 Å². The zero-order valence-electron chi connectivity index (χ0n) is 11.7. The van der Waals surface area contributed by atoms with Gasteiger partial charge in [0.25, 0.3) is 0 Å². The van der Waals surface area contributed by atoms with Crippen molar-refractivity contribution >= 4 is 28.5 Å². The summed E-state index contributed by atoms with van der Waals surface area (Å²) in [5, 5.41) is 5.14. The van der Waals surface area contributed by atoms with Crippen LogP contribution in [0.2, 0.25) is 5.28 Å². The van der Waals surface area contributed by atoms with Crippen LogP contribution in [0.1, 0.15) is 13.8 Å². The minimum absolute atomic E-state index is 0.129. The van der Waals surface area contributed by atoms with E-state index in [-0.39, 0.29) is 29.7 Å². The lowest BCUT2D eigenvalue weighted by Gasteiger charge is -2.25. The molecule has 1 aliphatic rings. The van der Waals surface area contributed by atoms with Gasteiger partial charge in [-0.25, -0.2) is 14.1 Å². The maximum atomic E-state index is 13.9. The number of aromatic nitrogens is 4. The standard InChI is InChI=1S/C13H15ClFN5O/c1-7-10(15)5-19(8(2)21)11(7)6-20-12-9(4-17-20)3-16-13(14)18-12/h3-4,7,10-11H,5-6H2,1-2H3/t7-,10+,11+/m0/s1. The van der Waals surface area contributed by atoms with Crippen molar-refractivity contribution in [3.63, 3.8) is 0 Å². The number of hydrogen-bond acceptors (Lipinski definition) is 4. The molecule has 1 fully saturated rings. The first-order valence-electron chi connectivity index (χ1n) is 6.72. The molecule has 2 aromatic rings. The van der Waals surface area contributed by atoms with E-state index in [0.29, 0.717) is 12.2 Å². The van der Waals surface area contributed by atoms with Crippen molar-refractivity contribution in [3.8, 4) is 0 Å². The van der Waals surface area contributed by atoms with Gasteiger partial charge in [-0.2, -0.15) is 10.1 Å². The lowest BCUT2D eigenvalue weighted by atomic mass is 10.0. The number of carbonyl (C=O) groups excluding carboxylic acids is 1. The molecule has 0 N–H and O–H groups in total. The maximum absolute atomic E-state index is 13.9. The van der Waals surface area contributed by atoms with Gasteiger partial charge < -0.3 is 4.90 Å². The minimum atomic E-state index is -1.01. The van der Waals surface area contributed by atoms with Gasteiger partial charge in [0.2, 0.25) is 11.2 Å². The summed E-state index contributed by atoms with van der Waals surface area (Å²) in [5.41, 5.74) is 0.591. The zero-order chi connectivity index (χ0) is 15.1. The Kier molecular flexibility index (Phi) is 3.52. The Morgan fingerprint density at radius 1 is 1.52 bits per heavy atom. The van der Waals surface area contributed by atoms with Gasteiger partial charge in [-0.1, -0.05) is 6.92 Å². The topological polar surface area (TPSA) is 63.9 Å². The van der Waals surface area contributed by atoms with E-state index in [9.17, 15) is 9.18 Å². The third kappa shape index (κ3) is 2.46. The molecule has 3 atom stereocenters. The van der Waals surface area contributed by atoms with Crippen molar-refractivity contribution in [2.24, 2.45) is 5.92 Å². The number of amides is 1. The molecule has 0 bridgehead atoms. The quantitative estimate of drug-likeness (QED) is 0.792. The molecular weight excluding hydrogens is 297 g/mol. The van der Waals surface area contributed by atoms with Crippen LogP contribution in [0.5, 0.6) is 0 Å². The molecule has 1 amide bonds. The number of alkyl halides is 1. The van der Waals surface area contributed by atoms with Gasteiger partial charge in [0.05, 0.1) is 30.7 Å². The Balaban J connectivity index is 1.93. The van der Waals surface area contributed by atoms with Crippen molar-refractivity contribution in [2.45, 2.75) is 32.6 Å². The monoisotopic (exact) mass is 311 g/mol. The van der Waals surface area contributed by atoms with Crippen LogP contribution < -0.4 is 0 Å². The highest BCUT2D eigenvalue weighted by molar-refractivity contribution is 6.28. The average molecular weight is 312 g/mol. The fourth-order valence-corrected chi connectivity index (χ4v) is 2.93. The predicted molar refractivity (Wildman–Crippen MR) is 75.6 cm³/mol.